The summed E-state index contributed by atoms with van der Waals surface area (Å²) in [5, 5.41) is 3.36. The molecule has 1 aromatic rings. The number of carbonyl (C=O) groups excluding carboxylic acids is 2. The second-order valence-electron chi connectivity index (χ2n) is 9.86. The number of urea groups is 1. The van der Waals surface area contributed by atoms with Gasteiger partial charge in [0.05, 0.1) is 12.7 Å². The Kier molecular flexibility index (Phi) is 10.9. The van der Waals surface area contributed by atoms with Crippen molar-refractivity contribution >= 4 is 35.1 Å². The molecular formula is C25H39Cl2N5O3. The maximum atomic E-state index is 12.7. The van der Waals surface area contributed by atoms with Crippen LogP contribution in [0.2, 0.25) is 10.3 Å². The van der Waals surface area contributed by atoms with Crippen molar-refractivity contribution in [2.75, 3.05) is 33.3 Å². The van der Waals surface area contributed by atoms with Crippen molar-refractivity contribution in [3.05, 3.63) is 27.5 Å². The van der Waals surface area contributed by atoms with E-state index in [4.69, 9.17) is 28.0 Å². The fourth-order valence-corrected chi connectivity index (χ4v) is 5.98. The van der Waals surface area contributed by atoms with E-state index in [1.54, 1.807) is 13.0 Å². The molecule has 1 aliphatic heterocycles. The smallest absolute Gasteiger partial charge is 0.341 e. The number of aromatic nitrogens is 1. The van der Waals surface area contributed by atoms with Gasteiger partial charge in [-0.25, -0.2) is 15.3 Å². The monoisotopic (exact) mass is 527 g/mol. The SMILES string of the molecule is CONC(=O)N(CC1CCCCC1)C1CCN(C(C)CCNC(=O)c2c(C)cc(Cl)nc2Cl)CC1. The van der Waals surface area contributed by atoms with Crippen molar-refractivity contribution in [3.63, 3.8) is 0 Å². The summed E-state index contributed by atoms with van der Waals surface area (Å²) in [5.74, 6) is 0.352. The molecule has 1 atom stereocenters. The van der Waals surface area contributed by atoms with Gasteiger partial charge in [-0.05, 0) is 63.5 Å². The Morgan fingerprint density at radius 1 is 1.20 bits per heavy atom. The predicted molar refractivity (Wildman–Crippen MR) is 139 cm³/mol. The van der Waals surface area contributed by atoms with Crippen LogP contribution in [0.4, 0.5) is 4.79 Å². The minimum Gasteiger partial charge on any atom is -0.352 e. The number of rotatable bonds is 9. The van der Waals surface area contributed by atoms with Crippen LogP contribution in [0.15, 0.2) is 6.07 Å². The highest BCUT2D eigenvalue weighted by molar-refractivity contribution is 6.34. The number of carbonyl (C=O) groups is 2. The molecule has 2 heterocycles. The van der Waals surface area contributed by atoms with Gasteiger partial charge < -0.3 is 15.1 Å². The molecule has 35 heavy (non-hydrogen) atoms. The second-order valence-corrected chi connectivity index (χ2v) is 10.6. The van der Waals surface area contributed by atoms with E-state index in [9.17, 15) is 9.59 Å². The first-order chi connectivity index (χ1) is 16.8. The molecule has 1 aliphatic carbocycles. The van der Waals surface area contributed by atoms with E-state index in [1.807, 2.05) is 4.90 Å². The zero-order valence-electron chi connectivity index (χ0n) is 21.1. The number of hydrogen-bond acceptors (Lipinski definition) is 5. The fraction of sp³-hybridized carbons (Fsp3) is 0.720. The van der Waals surface area contributed by atoms with E-state index in [0.29, 0.717) is 29.6 Å². The second kappa shape index (κ2) is 13.6. The number of nitrogens with one attached hydrogen (secondary N) is 2. The zero-order valence-corrected chi connectivity index (χ0v) is 22.6. The van der Waals surface area contributed by atoms with E-state index in [1.165, 1.54) is 39.2 Å². The Morgan fingerprint density at radius 2 is 1.89 bits per heavy atom. The molecule has 1 aromatic heterocycles. The van der Waals surface area contributed by atoms with Crippen LogP contribution < -0.4 is 10.8 Å². The minimum absolute atomic E-state index is 0.123. The quantitative estimate of drug-likeness (QED) is 0.355. The van der Waals surface area contributed by atoms with Gasteiger partial charge >= 0.3 is 6.03 Å². The maximum Gasteiger partial charge on any atom is 0.341 e. The van der Waals surface area contributed by atoms with Crippen LogP contribution in [-0.4, -0.2) is 72.1 Å². The highest BCUT2D eigenvalue weighted by Gasteiger charge is 2.31. The van der Waals surface area contributed by atoms with Crippen LogP contribution in [0, 0.1) is 12.8 Å². The molecule has 3 amide bonds. The number of amides is 3. The first-order valence-electron chi connectivity index (χ1n) is 12.7. The molecule has 1 unspecified atom stereocenters. The van der Waals surface area contributed by atoms with Gasteiger partial charge in [0.1, 0.15) is 10.3 Å². The Bertz CT molecular complexity index is 834. The van der Waals surface area contributed by atoms with Gasteiger partial charge in [0, 0.05) is 38.3 Å². The van der Waals surface area contributed by atoms with Gasteiger partial charge in [0.15, 0.2) is 0 Å². The molecule has 0 spiro atoms. The van der Waals surface area contributed by atoms with Crippen molar-refractivity contribution < 1.29 is 14.4 Å². The van der Waals surface area contributed by atoms with Crippen molar-refractivity contribution in [1.82, 2.24) is 25.6 Å². The summed E-state index contributed by atoms with van der Waals surface area (Å²) in [6, 6.07) is 2.05. The van der Waals surface area contributed by atoms with Crippen molar-refractivity contribution in [2.45, 2.75) is 77.3 Å². The number of likely N-dealkylation sites (tertiary alicyclic amines) is 1. The molecule has 8 nitrogen and oxygen atoms in total. The Hall–Kier alpha value is -1.61. The third-order valence-electron chi connectivity index (χ3n) is 7.41. The molecule has 3 rings (SSSR count). The van der Waals surface area contributed by atoms with E-state index in [-0.39, 0.29) is 28.3 Å². The first-order valence-corrected chi connectivity index (χ1v) is 13.5. The standard InChI is InChI=1S/C25H39Cl2N5O3/c1-17-15-21(26)29-23(27)22(17)24(33)28-12-9-18(2)31-13-10-20(11-14-31)32(25(34)30-35-3)16-19-7-5-4-6-8-19/h15,18-20H,4-14,16H2,1-3H3,(H,28,33)(H,30,34). The lowest BCUT2D eigenvalue weighted by Crippen LogP contribution is -2.53. The number of hydrogen-bond donors (Lipinski definition) is 2. The van der Waals surface area contributed by atoms with E-state index >= 15 is 0 Å². The normalized spacial score (nSPS) is 18.8. The summed E-state index contributed by atoms with van der Waals surface area (Å²) in [5.41, 5.74) is 3.62. The van der Waals surface area contributed by atoms with Gasteiger partial charge in [-0.15, -0.1) is 0 Å². The molecule has 0 radical (unpaired) electrons. The lowest BCUT2D eigenvalue weighted by Gasteiger charge is -2.42. The largest absolute Gasteiger partial charge is 0.352 e. The maximum absolute atomic E-state index is 12.7. The van der Waals surface area contributed by atoms with Crippen LogP contribution in [0.5, 0.6) is 0 Å². The first kappa shape index (κ1) is 28.0. The molecule has 196 valence electrons. The molecule has 0 aromatic carbocycles. The van der Waals surface area contributed by atoms with Crippen LogP contribution in [0.3, 0.4) is 0 Å². The fourth-order valence-electron chi connectivity index (χ4n) is 5.36. The average molecular weight is 529 g/mol. The van der Waals surface area contributed by atoms with Gasteiger partial charge in [0.2, 0.25) is 0 Å². The lowest BCUT2D eigenvalue weighted by molar-refractivity contribution is 0.0512. The summed E-state index contributed by atoms with van der Waals surface area (Å²) in [6.07, 6.45) is 8.93. The Morgan fingerprint density at radius 3 is 2.51 bits per heavy atom. The van der Waals surface area contributed by atoms with Crippen molar-refractivity contribution in [2.24, 2.45) is 5.92 Å². The number of hydroxylamine groups is 1. The number of halogens is 2. The van der Waals surface area contributed by atoms with Gasteiger partial charge in [0.25, 0.3) is 5.91 Å². The molecule has 2 N–H and O–H groups in total. The van der Waals surface area contributed by atoms with Crippen LogP contribution in [-0.2, 0) is 4.84 Å². The molecule has 10 heteroatoms. The molecule has 1 saturated heterocycles. The van der Waals surface area contributed by atoms with Gasteiger partial charge in [-0.1, -0.05) is 42.5 Å². The van der Waals surface area contributed by atoms with Crippen molar-refractivity contribution in [3.8, 4) is 0 Å². The van der Waals surface area contributed by atoms with Crippen LogP contribution in [0.1, 0.15) is 74.2 Å². The number of pyridine rings is 1. The van der Waals surface area contributed by atoms with E-state index < -0.39 is 0 Å². The average Bonchev–Trinajstić information content (AvgIpc) is 2.82. The molecule has 2 aliphatic rings. The van der Waals surface area contributed by atoms with Crippen LogP contribution in [0.25, 0.3) is 0 Å². The third-order valence-corrected chi connectivity index (χ3v) is 7.88. The Labute approximate surface area is 219 Å². The van der Waals surface area contributed by atoms with Gasteiger partial charge in [-0.2, -0.15) is 0 Å². The number of nitrogens with zero attached hydrogens (tertiary/aromatic N) is 3. The molecule has 2 fully saturated rings. The van der Waals surface area contributed by atoms with Crippen molar-refractivity contribution in [1.29, 1.82) is 0 Å². The van der Waals surface area contributed by atoms with E-state index in [2.05, 4.69) is 27.6 Å². The predicted octanol–water partition coefficient (Wildman–Crippen LogP) is 4.82. The summed E-state index contributed by atoms with van der Waals surface area (Å²) >= 11 is 12.0. The molecule has 0 bridgehead atoms. The van der Waals surface area contributed by atoms with Gasteiger partial charge in [-0.3, -0.25) is 9.63 Å². The summed E-state index contributed by atoms with van der Waals surface area (Å²) < 4.78 is 0. The molecule has 1 saturated carbocycles. The number of piperidine rings is 1. The zero-order chi connectivity index (χ0) is 25.4. The third kappa shape index (κ3) is 7.94. The minimum atomic E-state index is -0.231. The Balaban J connectivity index is 1.47. The number of aryl methyl sites for hydroxylation is 1. The topological polar surface area (TPSA) is 86.8 Å². The summed E-state index contributed by atoms with van der Waals surface area (Å²) in [6.45, 7) is 7.18. The highest BCUT2D eigenvalue weighted by Crippen LogP contribution is 2.27. The summed E-state index contributed by atoms with van der Waals surface area (Å²) in [7, 11) is 1.48. The molecular weight excluding hydrogens is 489 g/mol. The summed E-state index contributed by atoms with van der Waals surface area (Å²) in [4.78, 5) is 38.7. The lowest BCUT2D eigenvalue weighted by atomic mass is 9.88. The highest BCUT2D eigenvalue weighted by atomic mass is 35.5. The van der Waals surface area contributed by atoms with E-state index in [0.717, 1.165) is 38.9 Å². The van der Waals surface area contributed by atoms with Crippen LogP contribution >= 0.6 is 23.2 Å².